The number of hydrogen-bond acceptors (Lipinski definition) is 6. The van der Waals surface area contributed by atoms with Gasteiger partial charge in [-0.2, -0.15) is 0 Å². The SMILES string of the molecule is COC(=O)[C@@H]1C[C@H](NC(=O)c2cccc3c2OCCO3)CN1C. The highest BCUT2D eigenvalue weighted by Crippen LogP contribution is 2.33. The van der Waals surface area contributed by atoms with Gasteiger partial charge in [0.05, 0.1) is 12.7 Å². The van der Waals surface area contributed by atoms with Crippen molar-refractivity contribution in [1.82, 2.24) is 10.2 Å². The number of nitrogens with zero attached hydrogens (tertiary/aromatic N) is 1. The molecular weight excluding hydrogens is 300 g/mol. The summed E-state index contributed by atoms with van der Waals surface area (Å²) in [6, 6.07) is 4.81. The largest absolute Gasteiger partial charge is 0.486 e. The molecule has 0 bridgehead atoms. The summed E-state index contributed by atoms with van der Waals surface area (Å²) in [5.41, 5.74) is 0.450. The number of rotatable bonds is 3. The number of benzene rings is 1. The molecule has 0 saturated carbocycles. The van der Waals surface area contributed by atoms with Crippen molar-refractivity contribution in [2.75, 3.05) is 33.9 Å². The minimum atomic E-state index is -0.324. The average molecular weight is 320 g/mol. The predicted octanol–water partition coefficient (Wildman–Crippen LogP) is 0.433. The third-order valence-corrected chi connectivity index (χ3v) is 4.17. The van der Waals surface area contributed by atoms with Crippen molar-refractivity contribution in [2.45, 2.75) is 18.5 Å². The van der Waals surface area contributed by atoms with E-state index in [1.54, 1.807) is 18.2 Å². The number of ether oxygens (including phenoxy) is 3. The summed E-state index contributed by atoms with van der Waals surface area (Å²) >= 11 is 0. The van der Waals surface area contributed by atoms with Crippen molar-refractivity contribution in [2.24, 2.45) is 0 Å². The Kier molecular flexibility index (Phi) is 4.38. The first-order chi connectivity index (χ1) is 11.1. The van der Waals surface area contributed by atoms with Crippen molar-refractivity contribution < 1.29 is 23.8 Å². The van der Waals surface area contributed by atoms with Gasteiger partial charge in [-0.3, -0.25) is 14.5 Å². The summed E-state index contributed by atoms with van der Waals surface area (Å²) in [4.78, 5) is 26.1. The first kappa shape index (κ1) is 15.6. The number of esters is 1. The second-order valence-corrected chi connectivity index (χ2v) is 5.71. The van der Waals surface area contributed by atoms with Gasteiger partial charge in [-0.1, -0.05) is 6.07 Å². The number of likely N-dealkylation sites (tertiary alicyclic amines) is 1. The fourth-order valence-electron chi connectivity index (χ4n) is 3.03. The van der Waals surface area contributed by atoms with Crippen LogP contribution in [0.4, 0.5) is 0 Å². The van der Waals surface area contributed by atoms with Crippen LogP contribution < -0.4 is 14.8 Å². The zero-order chi connectivity index (χ0) is 16.4. The Morgan fingerprint density at radius 3 is 2.87 bits per heavy atom. The monoisotopic (exact) mass is 320 g/mol. The van der Waals surface area contributed by atoms with Crippen LogP contribution in [0.25, 0.3) is 0 Å². The molecule has 23 heavy (non-hydrogen) atoms. The van der Waals surface area contributed by atoms with Crippen molar-refractivity contribution in [3.05, 3.63) is 23.8 Å². The number of likely N-dealkylation sites (N-methyl/N-ethyl adjacent to an activating group) is 1. The maximum Gasteiger partial charge on any atom is 0.323 e. The van der Waals surface area contributed by atoms with Crippen LogP contribution in [0, 0.1) is 0 Å². The molecular formula is C16H20N2O5. The molecule has 2 aliphatic rings. The Balaban J connectivity index is 1.70. The standard InChI is InChI=1S/C16H20N2O5/c1-18-9-10(8-12(18)16(20)21-2)17-15(19)11-4-3-5-13-14(11)23-7-6-22-13/h3-5,10,12H,6-9H2,1-2H3,(H,17,19)/t10-,12-/m0/s1. The summed E-state index contributed by atoms with van der Waals surface area (Å²) in [7, 11) is 3.21. The van der Waals surface area contributed by atoms with E-state index in [0.717, 1.165) is 0 Å². The first-order valence-electron chi connectivity index (χ1n) is 7.57. The molecule has 0 aliphatic carbocycles. The molecule has 1 N–H and O–H groups in total. The van der Waals surface area contributed by atoms with E-state index in [1.165, 1.54) is 7.11 Å². The number of methoxy groups -OCH3 is 1. The third-order valence-electron chi connectivity index (χ3n) is 4.17. The van der Waals surface area contributed by atoms with Crippen LogP contribution in [-0.2, 0) is 9.53 Å². The lowest BCUT2D eigenvalue weighted by atomic mass is 10.1. The van der Waals surface area contributed by atoms with Gasteiger partial charge in [-0.15, -0.1) is 0 Å². The number of para-hydroxylation sites is 1. The average Bonchev–Trinajstić information content (AvgIpc) is 2.93. The number of nitrogens with one attached hydrogen (secondary N) is 1. The van der Waals surface area contributed by atoms with Crippen molar-refractivity contribution in [3.8, 4) is 11.5 Å². The lowest BCUT2D eigenvalue weighted by Gasteiger charge is -2.21. The van der Waals surface area contributed by atoms with Gasteiger partial charge in [-0.05, 0) is 25.6 Å². The third kappa shape index (κ3) is 3.10. The van der Waals surface area contributed by atoms with E-state index < -0.39 is 0 Å². The maximum atomic E-state index is 12.5. The minimum absolute atomic E-state index is 0.114. The van der Waals surface area contributed by atoms with Crippen LogP contribution >= 0.6 is 0 Å². The van der Waals surface area contributed by atoms with E-state index in [-0.39, 0.29) is 24.0 Å². The van der Waals surface area contributed by atoms with E-state index in [9.17, 15) is 9.59 Å². The molecule has 3 rings (SSSR count). The molecule has 1 aromatic carbocycles. The van der Waals surface area contributed by atoms with Crippen LogP contribution in [-0.4, -0.2) is 62.8 Å². The van der Waals surface area contributed by atoms with Crippen LogP contribution in [0.2, 0.25) is 0 Å². The number of amides is 1. The molecule has 7 heteroatoms. The van der Waals surface area contributed by atoms with Crippen LogP contribution in [0.15, 0.2) is 18.2 Å². The molecule has 2 aliphatic heterocycles. The minimum Gasteiger partial charge on any atom is -0.486 e. The second kappa shape index (κ2) is 6.45. The molecule has 1 amide bonds. The predicted molar refractivity (Wildman–Crippen MR) is 81.7 cm³/mol. The highest BCUT2D eigenvalue weighted by atomic mass is 16.6. The van der Waals surface area contributed by atoms with E-state index in [0.29, 0.717) is 43.2 Å². The highest BCUT2D eigenvalue weighted by Gasteiger charge is 2.36. The zero-order valence-corrected chi connectivity index (χ0v) is 13.2. The van der Waals surface area contributed by atoms with Crippen LogP contribution in [0.3, 0.4) is 0 Å². The van der Waals surface area contributed by atoms with Crippen molar-refractivity contribution in [1.29, 1.82) is 0 Å². The molecule has 0 aromatic heterocycles. The van der Waals surface area contributed by atoms with Gasteiger partial charge in [0.15, 0.2) is 11.5 Å². The van der Waals surface area contributed by atoms with Crippen molar-refractivity contribution >= 4 is 11.9 Å². The zero-order valence-electron chi connectivity index (χ0n) is 13.2. The summed E-state index contributed by atoms with van der Waals surface area (Å²) in [6.07, 6.45) is 0.529. The molecule has 2 atom stereocenters. The number of carbonyl (C=O) groups excluding carboxylic acids is 2. The highest BCUT2D eigenvalue weighted by molar-refractivity contribution is 5.98. The van der Waals surface area contributed by atoms with Gasteiger partial charge < -0.3 is 19.5 Å². The Bertz CT molecular complexity index is 618. The molecule has 0 spiro atoms. The summed E-state index contributed by atoms with van der Waals surface area (Å²) in [5.74, 6) is 0.557. The quantitative estimate of drug-likeness (QED) is 0.814. The van der Waals surface area contributed by atoms with Gasteiger partial charge in [0.1, 0.15) is 19.3 Å². The van der Waals surface area contributed by atoms with E-state index in [1.807, 2.05) is 11.9 Å². The van der Waals surface area contributed by atoms with E-state index >= 15 is 0 Å². The lowest BCUT2D eigenvalue weighted by molar-refractivity contribution is -0.145. The van der Waals surface area contributed by atoms with Gasteiger partial charge in [0, 0.05) is 12.6 Å². The Morgan fingerprint density at radius 2 is 2.09 bits per heavy atom. The maximum absolute atomic E-state index is 12.5. The Morgan fingerprint density at radius 1 is 1.30 bits per heavy atom. The topological polar surface area (TPSA) is 77.1 Å². The molecule has 124 valence electrons. The first-order valence-corrected chi connectivity index (χ1v) is 7.57. The van der Waals surface area contributed by atoms with Gasteiger partial charge in [-0.25, -0.2) is 0 Å². The molecule has 2 heterocycles. The van der Waals surface area contributed by atoms with Crippen molar-refractivity contribution in [3.63, 3.8) is 0 Å². The normalized spacial score (nSPS) is 23.4. The molecule has 1 fully saturated rings. The van der Waals surface area contributed by atoms with E-state index in [2.05, 4.69) is 5.32 Å². The number of carbonyl (C=O) groups is 2. The van der Waals surface area contributed by atoms with Gasteiger partial charge in [0.25, 0.3) is 5.91 Å². The Labute approximate surface area is 134 Å². The molecule has 0 radical (unpaired) electrons. The second-order valence-electron chi connectivity index (χ2n) is 5.71. The summed E-state index contributed by atoms with van der Waals surface area (Å²) in [5, 5.41) is 2.96. The molecule has 1 aromatic rings. The van der Waals surface area contributed by atoms with E-state index in [4.69, 9.17) is 14.2 Å². The molecule has 0 unspecified atom stereocenters. The van der Waals surface area contributed by atoms with Crippen LogP contribution in [0.1, 0.15) is 16.8 Å². The molecule has 1 saturated heterocycles. The van der Waals surface area contributed by atoms with Gasteiger partial charge >= 0.3 is 5.97 Å². The fourth-order valence-corrected chi connectivity index (χ4v) is 3.03. The summed E-state index contributed by atoms with van der Waals surface area (Å²) < 4.78 is 15.8. The molecule has 7 nitrogen and oxygen atoms in total. The van der Waals surface area contributed by atoms with Crippen LogP contribution in [0.5, 0.6) is 11.5 Å². The Hall–Kier alpha value is -2.28. The number of fused-ring (bicyclic) bond motifs is 1. The fraction of sp³-hybridized carbons (Fsp3) is 0.500. The lowest BCUT2D eigenvalue weighted by Crippen LogP contribution is -2.37. The smallest absolute Gasteiger partial charge is 0.323 e. The number of hydrogen-bond donors (Lipinski definition) is 1. The van der Waals surface area contributed by atoms with Gasteiger partial charge in [0.2, 0.25) is 0 Å². The summed E-state index contributed by atoms with van der Waals surface area (Å²) in [6.45, 7) is 1.50.